The first kappa shape index (κ1) is 20.2. The van der Waals surface area contributed by atoms with Crippen LogP contribution in [0.15, 0.2) is 30.4 Å². The average Bonchev–Trinajstić information content (AvgIpc) is 3.07. The molecule has 7 heteroatoms. The second-order valence-electron chi connectivity index (χ2n) is 9.35. The summed E-state index contributed by atoms with van der Waals surface area (Å²) in [4.78, 5) is 22.9. The molecule has 1 aromatic carbocycles. The fraction of sp³-hybridized carbons (Fsp3) is 0.571. The predicted octanol–water partition coefficient (Wildman–Crippen LogP) is 4.60. The fourth-order valence-corrected chi connectivity index (χ4v) is 4.19. The molecule has 1 aromatic rings. The topological polar surface area (TPSA) is 93.5 Å². The van der Waals surface area contributed by atoms with Crippen LogP contribution in [-0.2, 0) is 4.74 Å². The highest BCUT2D eigenvalue weighted by Gasteiger charge is 2.44. The van der Waals surface area contributed by atoms with Gasteiger partial charge in [0, 0.05) is 41.7 Å². The van der Waals surface area contributed by atoms with Crippen LogP contribution < -0.4 is 10.6 Å². The van der Waals surface area contributed by atoms with E-state index in [1.807, 2.05) is 20.8 Å². The van der Waals surface area contributed by atoms with Gasteiger partial charge in [0.2, 0.25) is 0 Å². The van der Waals surface area contributed by atoms with E-state index in [0.717, 1.165) is 17.7 Å². The Morgan fingerprint density at radius 3 is 2.68 bits per heavy atom. The minimum Gasteiger partial charge on any atom is -0.444 e. The van der Waals surface area contributed by atoms with Crippen molar-refractivity contribution in [2.24, 2.45) is 11.3 Å². The summed E-state index contributed by atoms with van der Waals surface area (Å²) in [6.45, 7) is 10.2. The van der Waals surface area contributed by atoms with Crippen LogP contribution in [0.3, 0.4) is 0 Å². The molecule has 3 unspecified atom stereocenters. The van der Waals surface area contributed by atoms with Gasteiger partial charge in [-0.2, -0.15) is 0 Å². The molecular weight excluding hydrogens is 358 g/mol. The number of rotatable bonds is 4. The molecule has 0 spiro atoms. The van der Waals surface area contributed by atoms with Crippen molar-refractivity contribution in [3.8, 4) is 0 Å². The summed E-state index contributed by atoms with van der Waals surface area (Å²) in [7, 11) is 0. The van der Waals surface area contributed by atoms with Crippen LogP contribution in [0, 0.1) is 21.4 Å². The third kappa shape index (κ3) is 4.13. The second-order valence-corrected chi connectivity index (χ2v) is 9.35. The van der Waals surface area contributed by atoms with E-state index < -0.39 is 11.7 Å². The number of allylic oxidation sites excluding steroid dienone is 2. The Labute approximate surface area is 165 Å². The van der Waals surface area contributed by atoms with Crippen LogP contribution in [0.25, 0.3) is 0 Å². The summed E-state index contributed by atoms with van der Waals surface area (Å²) < 4.78 is 5.35. The summed E-state index contributed by atoms with van der Waals surface area (Å²) in [5, 5.41) is 17.7. The molecule has 3 rings (SSSR count). The third-order valence-electron chi connectivity index (χ3n) is 5.49. The zero-order valence-electron chi connectivity index (χ0n) is 17.1. The molecule has 1 aliphatic heterocycles. The van der Waals surface area contributed by atoms with Crippen molar-refractivity contribution in [1.82, 2.24) is 5.32 Å². The predicted molar refractivity (Wildman–Crippen MR) is 109 cm³/mol. The molecule has 0 bridgehead atoms. The number of carbonyl (C=O) groups is 1. The van der Waals surface area contributed by atoms with Gasteiger partial charge in [0.25, 0.3) is 5.69 Å². The van der Waals surface area contributed by atoms with Crippen molar-refractivity contribution in [2.45, 2.75) is 58.6 Å². The molecule has 152 valence electrons. The zero-order valence-corrected chi connectivity index (χ0v) is 17.1. The minimum atomic E-state index is -0.536. The SMILES string of the molecule is CC(C)(C)OC(=O)NCC(C)(C)C1Nc2ccc([N+](=O)[O-])cc2C2C=CCC21. The number of nitro benzene ring substituents is 1. The lowest BCUT2D eigenvalue weighted by Gasteiger charge is -2.45. The van der Waals surface area contributed by atoms with Crippen LogP contribution in [0.1, 0.15) is 52.5 Å². The first-order chi connectivity index (χ1) is 13.0. The van der Waals surface area contributed by atoms with E-state index in [1.165, 1.54) is 6.07 Å². The number of anilines is 1. The molecule has 0 saturated heterocycles. The van der Waals surface area contributed by atoms with E-state index >= 15 is 0 Å². The number of hydrogen-bond acceptors (Lipinski definition) is 5. The number of carbonyl (C=O) groups excluding carboxylic acids is 1. The number of ether oxygens (including phenoxy) is 1. The lowest BCUT2D eigenvalue weighted by atomic mass is 9.69. The summed E-state index contributed by atoms with van der Waals surface area (Å²) in [6, 6.07) is 5.11. The second kappa shape index (κ2) is 7.11. The number of alkyl carbamates (subject to hydrolysis) is 1. The van der Waals surface area contributed by atoms with Crippen molar-refractivity contribution in [3.63, 3.8) is 0 Å². The van der Waals surface area contributed by atoms with Gasteiger partial charge in [-0.05, 0) is 44.7 Å². The molecule has 2 N–H and O–H groups in total. The Balaban J connectivity index is 1.79. The maximum atomic E-state index is 12.1. The molecule has 0 fully saturated rings. The Hall–Kier alpha value is -2.57. The first-order valence-corrected chi connectivity index (χ1v) is 9.66. The molecule has 2 aliphatic rings. The normalized spacial score (nSPS) is 23.4. The number of non-ortho nitro benzene ring substituents is 1. The Kier molecular flexibility index (Phi) is 5.12. The van der Waals surface area contributed by atoms with Gasteiger partial charge in [-0.15, -0.1) is 0 Å². The number of nitrogens with zero attached hydrogens (tertiary/aromatic N) is 1. The van der Waals surface area contributed by atoms with E-state index in [4.69, 9.17) is 4.74 Å². The van der Waals surface area contributed by atoms with Gasteiger partial charge < -0.3 is 15.4 Å². The molecule has 0 radical (unpaired) electrons. The van der Waals surface area contributed by atoms with Gasteiger partial charge >= 0.3 is 6.09 Å². The molecule has 7 nitrogen and oxygen atoms in total. The quantitative estimate of drug-likeness (QED) is 0.447. The maximum absolute atomic E-state index is 12.1. The van der Waals surface area contributed by atoms with Crippen molar-refractivity contribution in [2.75, 3.05) is 11.9 Å². The van der Waals surface area contributed by atoms with Crippen molar-refractivity contribution >= 4 is 17.5 Å². The first-order valence-electron chi connectivity index (χ1n) is 9.66. The molecule has 1 heterocycles. The molecule has 1 amide bonds. The minimum absolute atomic E-state index is 0.108. The van der Waals surface area contributed by atoms with Gasteiger partial charge in [-0.25, -0.2) is 4.79 Å². The van der Waals surface area contributed by atoms with Gasteiger partial charge in [0.1, 0.15) is 5.60 Å². The molecule has 0 aromatic heterocycles. The van der Waals surface area contributed by atoms with E-state index in [9.17, 15) is 14.9 Å². The number of nitro groups is 1. The summed E-state index contributed by atoms with van der Waals surface area (Å²) in [5.41, 5.74) is 1.23. The number of benzene rings is 1. The van der Waals surface area contributed by atoms with E-state index in [-0.39, 0.29) is 33.9 Å². The van der Waals surface area contributed by atoms with Crippen LogP contribution in [0.2, 0.25) is 0 Å². The van der Waals surface area contributed by atoms with Crippen molar-refractivity contribution < 1.29 is 14.5 Å². The van der Waals surface area contributed by atoms with Crippen molar-refractivity contribution in [1.29, 1.82) is 0 Å². The Morgan fingerprint density at radius 1 is 1.32 bits per heavy atom. The Bertz CT molecular complexity index is 810. The average molecular weight is 387 g/mol. The summed E-state index contributed by atoms with van der Waals surface area (Å²) >= 11 is 0. The number of fused-ring (bicyclic) bond motifs is 3. The molecule has 28 heavy (non-hydrogen) atoms. The highest BCUT2D eigenvalue weighted by atomic mass is 16.6. The number of hydrogen-bond donors (Lipinski definition) is 2. The van der Waals surface area contributed by atoms with E-state index in [2.05, 4.69) is 36.6 Å². The van der Waals surface area contributed by atoms with Crippen LogP contribution in [0.4, 0.5) is 16.2 Å². The van der Waals surface area contributed by atoms with Gasteiger partial charge in [0.05, 0.1) is 4.92 Å². The number of nitrogens with one attached hydrogen (secondary N) is 2. The summed E-state index contributed by atoms with van der Waals surface area (Å²) in [5.74, 6) is 0.423. The Morgan fingerprint density at radius 2 is 2.04 bits per heavy atom. The van der Waals surface area contributed by atoms with Crippen LogP contribution in [0.5, 0.6) is 0 Å². The maximum Gasteiger partial charge on any atom is 0.407 e. The van der Waals surface area contributed by atoms with Gasteiger partial charge in [-0.1, -0.05) is 26.0 Å². The van der Waals surface area contributed by atoms with Gasteiger partial charge in [-0.3, -0.25) is 10.1 Å². The van der Waals surface area contributed by atoms with Crippen LogP contribution >= 0.6 is 0 Å². The highest BCUT2D eigenvalue weighted by Crippen LogP contribution is 2.49. The lowest BCUT2D eigenvalue weighted by Crippen LogP contribution is -2.51. The molecular formula is C21H29N3O4. The zero-order chi connectivity index (χ0) is 20.7. The third-order valence-corrected chi connectivity index (χ3v) is 5.49. The van der Waals surface area contributed by atoms with E-state index in [1.54, 1.807) is 12.1 Å². The van der Waals surface area contributed by atoms with Crippen molar-refractivity contribution in [3.05, 3.63) is 46.0 Å². The van der Waals surface area contributed by atoms with Gasteiger partial charge in [0.15, 0.2) is 0 Å². The highest BCUT2D eigenvalue weighted by molar-refractivity contribution is 5.68. The molecule has 3 atom stereocenters. The van der Waals surface area contributed by atoms with Crippen LogP contribution in [-0.4, -0.2) is 29.2 Å². The lowest BCUT2D eigenvalue weighted by molar-refractivity contribution is -0.384. The smallest absolute Gasteiger partial charge is 0.407 e. The summed E-state index contributed by atoms with van der Waals surface area (Å²) in [6.07, 6.45) is 4.78. The molecule has 1 aliphatic carbocycles. The van der Waals surface area contributed by atoms with E-state index in [0.29, 0.717) is 6.54 Å². The molecule has 0 saturated carbocycles. The monoisotopic (exact) mass is 387 g/mol. The largest absolute Gasteiger partial charge is 0.444 e. The standard InChI is InChI=1S/C21H29N3O4/c1-20(2,3)28-19(25)22-12-21(4,5)18-15-8-6-7-14(15)16-11-13(24(26)27)9-10-17(16)23-18/h6-7,9-11,14-15,18,23H,8,12H2,1-5H3,(H,22,25). The fourth-order valence-electron chi connectivity index (χ4n) is 4.19. The number of amides is 1.